The molecule has 1 aromatic carbocycles. The molecule has 0 spiro atoms. The van der Waals surface area contributed by atoms with Crippen molar-refractivity contribution in [1.29, 1.82) is 0 Å². The minimum atomic E-state index is -0.232. The van der Waals surface area contributed by atoms with Crippen LogP contribution in [-0.4, -0.2) is 25.9 Å². The standard InChI is InChI=1S/C18H19N5O2S/c24-16(20-18-19-14-8-2-1-3-9-15(14)26-18)10-11-23-17(25)12-6-4-5-7-13(12)21-22-23/h4-7H,1-3,8-11H2,(H,19,20,24). The van der Waals surface area contributed by atoms with E-state index in [2.05, 4.69) is 20.6 Å². The average molecular weight is 369 g/mol. The second-order valence-corrected chi connectivity index (χ2v) is 7.47. The van der Waals surface area contributed by atoms with Crippen LogP contribution in [0.25, 0.3) is 10.9 Å². The summed E-state index contributed by atoms with van der Waals surface area (Å²) in [6.45, 7) is 0.188. The molecule has 4 rings (SSSR count). The zero-order chi connectivity index (χ0) is 17.9. The van der Waals surface area contributed by atoms with Crippen LogP contribution < -0.4 is 10.9 Å². The molecule has 0 aliphatic heterocycles. The SMILES string of the molecule is O=C(CCn1nnc2ccccc2c1=O)Nc1nc2c(s1)CCCCC2. The highest BCUT2D eigenvalue weighted by molar-refractivity contribution is 7.15. The van der Waals surface area contributed by atoms with Crippen molar-refractivity contribution in [2.75, 3.05) is 5.32 Å². The normalized spacial score (nSPS) is 14.0. The van der Waals surface area contributed by atoms with Crippen molar-refractivity contribution in [2.24, 2.45) is 0 Å². The molecule has 0 saturated carbocycles. The van der Waals surface area contributed by atoms with E-state index in [1.807, 2.05) is 6.07 Å². The summed E-state index contributed by atoms with van der Waals surface area (Å²) < 4.78 is 1.24. The highest BCUT2D eigenvalue weighted by Crippen LogP contribution is 2.28. The van der Waals surface area contributed by atoms with Gasteiger partial charge in [0.05, 0.1) is 17.6 Å². The van der Waals surface area contributed by atoms with E-state index >= 15 is 0 Å². The Morgan fingerprint density at radius 3 is 2.96 bits per heavy atom. The molecule has 0 saturated heterocycles. The molecule has 1 N–H and O–H groups in total. The van der Waals surface area contributed by atoms with Gasteiger partial charge in [-0.3, -0.25) is 9.59 Å². The van der Waals surface area contributed by atoms with Gasteiger partial charge in [0.25, 0.3) is 5.56 Å². The fraction of sp³-hybridized carbons (Fsp3) is 0.389. The lowest BCUT2D eigenvalue weighted by Gasteiger charge is -2.05. The topological polar surface area (TPSA) is 89.8 Å². The fourth-order valence-corrected chi connectivity index (χ4v) is 4.21. The number of nitrogens with zero attached hydrogens (tertiary/aromatic N) is 4. The number of benzene rings is 1. The number of carbonyl (C=O) groups excluding carboxylic acids is 1. The predicted octanol–water partition coefficient (Wildman–Crippen LogP) is 2.55. The number of hydrogen-bond acceptors (Lipinski definition) is 6. The molecule has 0 atom stereocenters. The molecule has 8 heteroatoms. The maximum Gasteiger partial charge on any atom is 0.277 e. The van der Waals surface area contributed by atoms with Gasteiger partial charge in [0, 0.05) is 11.3 Å². The lowest BCUT2D eigenvalue weighted by Crippen LogP contribution is -2.26. The minimum absolute atomic E-state index is 0.150. The molecule has 7 nitrogen and oxygen atoms in total. The van der Waals surface area contributed by atoms with E-state index in [4.69, 9.17) is 0 Å². The molecule has 2 aromatic heterocycles. The number of hydrogen-bond donors (Lipinski definition) is 1. The van der Waals surface area contributed by atoms with Gasteiger partial charge in [-0.25, -0.2) is 9.67 Å². The number of rotatable bonds is 4. The summed E-state index contributed by atoms with van der Waals surface area (Å²) >= 11 is 1.56. The maximum atomic E-state index is 12.4. The van der Waals surface area contributed by atoms with Gasteiger partial charge in [-0.1, -0.05) is 23.8 Å². The molecule has 1 amide bonds. The van der Waals surface area contributed by atoms with Gasteiger partial charge in [-0.15, -0.1) is 16.4 Å². The van der Waals surface area contributed by atoms with Gasteiger partial charge in [0.15, 0.2) is 5.13 Å². The Morgan fingerprint density at radius 2 is 2.04 bits per heavy atom. The van der Waals surface area contributed by atoms with E-state index in [0.717, 1.165) is 25.0 Å². The maximum absolute atomic E-state index is 12.4. The van der Waals surface area contributed by atoms with Gasteiger partial charge >= 0.3 is 0 Å². The Labute approximate surface area is 154 Å². The third-order valence-electron chi connectivity index (χ3n) is 4.52. The summed E-state index contributed by atoms with van der Waals surface area (Å²) in [4.78, 5) is 30.5. The van der Waals surface area contributed by atoms with E-state index in [9.17, 15) is 9.59 Å². The minimum Gasteiger partial charge on any atom is -0.302 e. The van der Waals surface area contributed by atoms with Gasteiger partial charge in [-0.2, -0.15) is 0 Å². The third kappa shape index (κ3) is 3.50. The van der Waals surface area contributed by atoms with Crippen molar-refractivity contribution in [3.8, 4) is 0 Å². The summed E-state index contributed by atoms with van der Waals surface area (Å²) in [5.41, 5.74) is 1.45. The molecular weight excluding hydrogens is 350 g/mol. The molecule has 1 aliphatic carbocycles. The first-order valence-corrected chi connectivity index (χ1v) is 9.63. The van der Waals surface area contributed by atoms with Gasteiger partial charge in [0.2, 0.25) is 5.91 Å². The summed E-state index contributed by atoms with van der Waals surface area (Å²) in [5.74, 6) is -0.171. The predicted molar refractivity (Wildman–Crippen MR) is 100 cm³/mol. The van der Waals surface area contributed by atoms with Crippen LogP contribution in [0.2, 0.25) is 0 Å². The number of thiazole rings is 1. The van der Waals surface area contributed by atoms with E-state index < -0.39 is 0 Å². The zero-order valence-electron chi connectivity index (χ0n) is 14.3. The van der Waals surface area contributed by atoms with Crippen molar-refractivity contribution in [3.05, 3.63) is 45.2 Å². The molecule has 0 bridgehead atoms. The second-order valence-electron chi connectivity index (χ2n) is 6.38. The summed E-state index contributed by atoms with van der Waals surface area (Å²) in [6, 6.07) is 7.05. The number of nitrogens with one attached hydrogen (secondary N) is 1. The number of aromatic nitrogens is 4. The quantitative estimate of drug-likeness (QED) is 0.714. The summed E-state index contributed by atoms with van der Waals surface area (Å²) in [5, 5.41) is 11.9. The van der Waals surface area contributed by atoms with E-state index in [0.29, 0.717) is 16.0 Å². The van der Waals surface area contributed by atoms with Crippen molar-refractivity contribution < 1.29 is 4.79 Å². The van der Waals surface area contributed by atoms with Crippen molar-refractivity contribution in [2.45, 2.75) is 45.1 Å². The Bertz CT molecular complexity index is 987. The second kappa shape index (κ2) is 7.33. The lowest BCUT2D eigenvalue weighted by molar-refractivity contribution is -0.116. The molecule has 0 fully saturated rings. The Kier molecular flexibility index (Phi) is 4.75. The molecule has 134 valence electrons. The van der Waals surface area contributed by atoms with Crippen molar-refractivity contribution in [3.63, 3.8) is 0 Å². The van der Waals surface area contributed by atoms with E-state index in [1.54, 1.807) is 29.5 Å². The van der Waals surface area contributed by atoms with Crippen LogP contribution in [0.5, 0.6) is 0 Å². The largest absolute Gasteiger partial charge is 0.302 e. The Hall–Kier alpha value is -2.61. The molecular formula is C18H19N5O2S. The van der Waals surface area contributed by atoms with Gasteiger partial charge < -0.3 is 5.32 Å². The van der Waals surface area contributed by atoms with Crippen molar-refractivity contribution >= 4 is 33.3 Å². The fourth-order valence-electron chi connectivity index (χ4n) is 3.14. The smallest absolute Gasteiger partial charge is 0.277 e. The Morgan fingerprint density at radius 1 is 1.19 bits per heavy atom. The number of carbonyl (C=O) groups is 1. The van der Waals surface area contributed by atoms with Crippen LogP contribution in [0, 0.1) is 0 Å². The summed E-state index contributed by atoms with van der Waals surface area (Å²) in [7, 11) is 0. The van der Waals surface area contributed by atoms with Crippen LogP contribution in [0.15, 0.2) is 29.1 Å². The number of aryl methyl sites for hydroxylation is 3. The van der Waals surface area contributed by atoms with E-state index in [-0.39, 0.29) is 24.4 Å². The van der Waals surface area contributed by atoms with Crippen LogP contribution >= 0.6 is 11.3 Å². The molecule has 26 heavy (non-hydrogen) atoms. The highest BCUT2D eigenvalue weighted by atomic mass is 32.1. The molecule has 0 radical (unpaired) electrons. The number of amides is 1. The first-order chi connectivity index (χ1) is 12.7. The molecule has 3 aromatic rings. The third-order valence-corrected chi connectivity index (χ3v) is 5.59. The van der Waals surface area contributed by atoms with Crippen LogP contribution in [0.1, 0.15) is 36.3 Å². The lowest BCUT2D eigenvalue weighted by atomic mass is 10.2. The molecule has 0 unspecified atom stereocenters. The number of anilines is 1. The monoisotopic (exact) mass is 369 g/mol. The van der Waals surface area contributed by atoms with Crippen LogP contribution in [-0.2, 0) is 24.2 Å². The Balaban J connectivity index is 1.41. The van der Waals surface area contributed by atoms with Crippen LogP contribution in [0.3, 0.4) is 0 Å². The van der Waals surface area contributed by atoms with E-state index in [1.165, 1.54) is 22.4 Å². The first kappa shape index (κ1) is 16.8. The molecule has 2 heterocycles. The zero-order valence-corrected chi connectivity index (χ0v) is 15.1. The number of fused-ring (bicyclic) bond motifs is 2. The van der Waals surface area contributed by atoms with Crippen LogP contribution in [0.4, 0.5) is 5.13 Å². The summed E-state index contributed by atoms with van der Waals surface area (Å²) in [6.07, 6.45) is 5.78. The average Bonchev–Trinajstić information content (AvgIpc) is 2.89. The van der Waals surface area contributed by atoms with Gasteiger partial charge in [-0.05, 0) is 37.8 Å². The van der Waals surface area contributed by atoms with Gasteiger partial charge in [0.1, 0.15) is 5.52 Å². The van der Waals surface area contributed by atoms with Crippen molar-refractivity contribution in [1.82, 2.24) is 20.0 Å². The molecule has 1 aliphatic rings. The first-order valence-electron chi connectivity index (χ1n) is 8.82. The highest BCUT2D eigenvalue weighted by Gasteiger charge is 2.15.